The van der Waals surface area contributed by atoms with Gasteiger partial charge in [-0.2, -0.15) is 0 Å². The van der Waals surface area contributed by atoms with Crippen molar-refractivity contribution in [3.05, 3.63) is 77.1 Å². The summed E-state index contributed by atoms with van der Waals surface area (Å²) in [5.74, 6) is -0.988. The highest BCUT2D eigenvalue weighted by Gasteiger charge is 2.35. The van der Waals surface area contributed by atoms with Crippen molar-refractivity contribution in [3.8, 4) is 17.2 Å². The summed E-state index contributed by atoms with van der Waals surface area (Å²) in [4.78, 5) is 27.3. The van der Waals surface area contributed by atoms with Gasteiger partial charge in [-0.15, -0.1) is 0 Å². The lowest BCUT2D eigenvalue weighted by molar-refractivity contribution is -0.137. The van der Waals surface area contributed by atoms with Crippen molar-refractivity contribution in [2.75, 3.05) is 27.9 Å². The van der Waals surface area contributed by atoms with Gasteiger partial charge in [0.1, 0.15) is 5.75 Å². The smallest absolute Gasteiger partial charge is 0.336 e. The van der Waals surface area contributed by atoms with Crippen LogP contribution in [0, 0.1) is 0 Å². The molecule has 33 heavy (non-hydrogen) atoms. The first kappa shape index (κ1) is 23.7. The maximum atomic E-state index is 12.8. The van der Waals surface area contributed by atoms with Crippen molar-refractivity contribution in [1.82, 2.24) is 4.90 Å². The van der Waals surface area contributed by atoms with Gasteiger partial charge in [0.25, 0.3) is 0 Å². The van der Waals surface area contributed by atoms with Crippen LogP contribution in [0.2, 0.25) is 0 Å². The first-order valence-electron chi connectivity index (χ1n) is 10.4. The van der Waals surface area contributed by atoms with E-state index in [2.05, 4.69) is 0 Å². The second-order valence-corrected chi connectivity index (χ2v) is 7.27. The first-order valence-corrected chi connectivity index (χ1v) is 10.4. The normalized spacial score (nSPS) is 13.6. The molecule has 0 spiro atoms. The Hall–Kier alpha value is -3.94. The quantitative estimate of drug-likeness (QED) is 0.607. The summed E-state index contributed by atoms with van der Waals surface area (Å²) in [6.45, 7) is 2.54. The van der Waals surface area contributed by atoms with Gasteiger partial charge >= 0.3 is 11.9 Å². The molecule has 0 radical (unpaired) electrons. The third-order valence-electron chi connectivity index (χ3n) is 5.22. The van der Waals surface area contributed by atoms with E-state index in [0.29, 0.717) is 18.7 Å². The molecular weight excluding hydrogens is 426 g/mol. The topological polar surface area (TPSA) is 94.5 Å². The van der Waals surface area contributed by atoms with Crippen LogP contribution in [-0.4, -0.2) is 49.9 Å². The summed E-state index contributed by atoms with van der Waals surface area (Å²) < 4.78 is 20.7. The molecule has 1 aliphatic rings. The van der Waals surface area contributed by atoms with Crippen molar-refractivity contribution in [3.63, 3.8) is 0 Å². The fourth-order valence-electron chi connectivity index (χ4n) is 3.66. The molecule has 0 saturated heterocycles. The van der Waals surface area contributed by atoms with Gasteiger partial charge < -0.3 is 29.0 Å². The summed E-state index contributed by atoms with van der Waals surface area (Å²) in [5.41, 5.74) is 2.02. The molecule has 0 bridgehead atoms. The van der Waals surface area contributed by atoms with Crippen LogP contribution in [0.25, 0.3) is 0 Å². The number of aromatic hydroxyl groups is 1. The molecule has 0 aliphatic carbocycles. The van der Waals surface area contributed by atoms with Gasteiger partial charge in [-0.3, -0.25) is 0 Å². The summed E-state index contributed by atoms with van der Waals surface area (Å²) >= 11 is 0. The Morgan fingerprint density at radius 3 is 2.06 bits per heavy atom. The molecule has 0 amide bonds. The Kier molecular flexibility index (Phi) is 7.61. The van der Waals surface area contributed by atoms with Crippen LogP contribution < -0.4 is 9.47 Å². The van der Waals surface area contributed by atoms with Gasteiger partial charge in [0.15, 0.2) is 11.5 Å². The highest BCUT2D eigenvalue weighted by atomic mass is 16.5. The van der Waals surface area contributed by atoms with Gasteiger partial charge in [-0.1, -0.05) is 18.2 Å². The lowest BCUT2D eigenvalue weighted by Gasteiger charge is -2.30. The number of phenolic OH excluding ortho intramolecular Hbond substituents is 1. The van der Waals surface area contributed by atoms with Crippen LogP contribution in [0.15, 0.2) is 66.0 Å². The molecule has 1 aliphatic heterocycles. The number of methoxy groups -OCH3 is 3. The third-order valence-corrected chi connectivity index (χ3v) is 5.22. The fourth-order valence-corrected chi connectivity index (χ4v) is 3.66. The lowest BCUT2D eigenvalue weighted by atomic mass is 9.83. The lowest BCUT2D eigenvalue weighted by Crippen LogP contribution is -2.28. The van der Waals surface area contributed by atoms with E-state index in [-0.39, 0.29) is 22.6 Å². The number of hydrogen-bond donors (Lipinski definition) is 1. The van der Waals surface area contributed by atoms with E-state index in [1.807, 2.05) is 24.3 Å². The molecule has 0 saturated carbocycles. The van der Waals surface area contributed by atoms with Gasteiger partial charge in [-0.25, -0.2) is 9.59 Å². The van der Waals surface area contributed by atoms with Crippen molar-refractivity contribution < 1.29 is 33.6 Å². The predicted molar refractivity (Wildman–Crippen MR) is 121 cm³/mol. The van der Waals surface area contributed by atoms with Crippen LogP contribution in [0.3, 0.4) is 0 Å². The average molecular weight is 453 g/mol. The van der Waals surface area contributed by atoms with E-state index in [4.69, 9.17) is 18.9 Å². The monoisotopic (exact) mass is 453 g/mol. The molecule has 3 rings (SSSR count). The van der Waals surface area contributed by atoms with E-state index >= 15 is 0 Å². The van der Waals surface area contributed by atoms with Crippen molar-refractivity contribution in [2.24, 2.45) is 0 Å². The minimum atomic E-state index is -0.767. The maximum absolute atomic E-state index is 12.8. The Morgan fingerprint density at radius 1 is 0.939 bits per heavy atom. The Bertz CT molecular complexity index is 1040. The van der Waals surface area contributed by atoms with E-state index in [9.17, 15) is 14.7 Å². The summed E-state index contributed by atoms with van der Waals surface area (Å²) in [7, 11) is 4.16. The van der Waals surface area contributed by atoms with E-state index in [0.717, 1.165) is 11.3 Å². The number of nitrogens with zero attached hydrogens (tertiary/aromatic N) is 1. The zero-order valence-electron chi connectivity index (χ0n) is 19.0. The van der Waals surface area contributed by atoms with Crippen LogP contribution in [0.1, 0.15) is 24.0 Å². The number of carbonyl (C=O) groups excluding carboxylic acids is 2. The maximum Gasteiger partial charge on any atom is 0.336 e. The molecule has 0 aromatic heterocycles. The summed E-state index contributed by atoms with van der Waals surface area (Å²) in [5, 5.41) is 10.1. The number of phenols is 1. The van der Waals surface area contributed by atoms with Crippen LogP contribution in [-0.2, 0) is 25.6 Å². The molecular formula is C25H27NO7. The fraction of sp³-hybridized carbons (Fsp3) is 0.280. The molecule has 1 N–H and O–H groups in total. The van der Waals surface area contributed by atoms with Gasteiger partial charge in [0.05, 0.1) is 45.0 Å². The van der Waals surface area contributed by atoms with E-state index in [1.165, 1.54) is 20.3 Å². The molecule has 2 aromatic rings. The molecule has 8 nitrogen and oxygen atoms in total. The SMILES string of the molecule is CCOc1cc(C2C(C(=O)OC)=CN(Cc3ccc(OC)cc3)C=C2C(=O)OC)ccc1O. The first-order chi connectivity index (χ1) is 15.9. The molecule has 8 heteroatoms. The highest BCUT2D eigenvalue weighted by molar-refractivity contribution is 5.98. The number of carbonyl (C=O) groups is 2. The largest absolute Gasteiger partial charge is 0.504 e. The van der Waals surface area contributed by atoms with Crippen molar-refractivity contribution >= 4 is 11.9 Å². The minimum absolute atomic E-state index is 0.0373. The third kappa shape index (κ3) is 5.28. The van der Waals surface area contributed by atoms with E-state index in [1.54, 1.807) is 43.5 Å². The number of hydrogen-bond acceptors (Lipinski definition) is 8. The molecule has 0 fully saturated rings. The van der Waals surface area contributed by atoms with Gasteiger partial charge in [-0.05, 0) is 42.3 Å². The standard InChI is InChI=1S/C25H27NO7/c1-5-33-22-12-17(8-11-21(22)27)23-19(24(28)31-3)14-26(15-20(23)25(29)32-4)13-16-6-9-18(30-2)10-7-16/h6-12,14-15,23,27H,5,13H2,1-4H3. The highest BCUT2D eigenvalue weighted by Crippen LogP contribution is 2.40. The van der Waals surface area contributed by atoms with Crippen LogP contribution in [0.5, 0.6) is 17.2 Å². The molecule has 174 valence electrons. The number of benzene rings is 2. The molecule has 0 atom stereocenters. The van der Waals surface area contributed by atoms with Gasteiger partial charge in [0, 0.05) is 18.9 Å². The van der Waals surface area contributed by atoms with E-state index < -0.39 is 17.9 Å². The van der Waals surface area contributed by atoms with Gasteiger partial charge in [0.2, 0.25) is 0 Å². The summed E-state index contributed by atoms with van der Waals surface area (Å²) in [6, 6.07) is 12.2. The van der Waals surface area contributed by atoms with Crippen molar-refractivity contribution in [2.45, 2.75) is 19.4 Å². The number of ether oxygens (including phenoxy) is 4. The average Bonchev–Trinajstić information content (AvgIpc) is 2.84. The molecule has 0 unspecified atom stereocenters. The van der Waals surface area contributed by atoms with Crippen LogP contribution in [0.4, 0.5) is 0 Å². The Balaban J connectivity index is 2.06. The number of esters is 2. The van der Waals surface area contributed by atoms with Crippen LogP contribution >= 0.6 is 0 Å². The number of rotatable bonds is 8. The van der Waals surface area contributed by atoms with Crippen molar-refractivity contribution in [1.29, 1.82) is 0 Å². The second-order valence-electron chi connectivity index (χ2n) is 7.27. The minimum Gasteiger partial charge on any atom is -0.504 e. The zero-order valence-corrected chi connectivity index (χ0v) is 19.0. The molecule has 2 aromatic carbocycles. The summed E-state index contributed by atoms with van der Waals surface area (Å²) in [6.07, 6.45) is 3.31. The zero-order chi connectivity index (χ0) is 24.0. The predicted octanol–water partition coefficient (Wildman–Crippen LogP) is 3.51. The second kappa shape index (κ2) is 10.6. The Morgan fingerprint density at radius 2 is 1.55 bits per heavy atom. The molecule has 1 heterocycles. The Labute approximate surface area is 192 Å².